The number of carbonyl (C=O) groups excluding carboxylic acids is 1. The van der Waals surface area contributed by atoms with Gasteiger partial charge in [0, 0.05) is 5.02 Å². The Hall–Kier alpha value is -1.50. The molecule has 2 N–H and O–H groups in total. The first-order valence-electron chi connectivity index (χ1n) is 5.33. The van der Waals surface area contributed by atoms with Gasteiger partial charge in [-0.05, 0) is 18.6 Å². The van der Waals surface area contributed by atoms with E-state index in [0.717, 1.165) is 5.56 Å². The second-order valence-electron chi connectivity index (χ2n) is 3.62. The maximum atomic E-state index is 11.5. The zero-order chi connectivity index (χ0) is 12.7. The van der Waals surface area contributed by atoms with E-state index in [-0.39, 0.29) is 18.5 Å². The highest BCUT2D eigenvalue weighted by molar-refractivity contribution is 6.31. The summed E-state index contributed by atoms with van der Waals surface area (Å²) in [4.78, 5) is 11.5. The Bertz CT molecular complexity index is 426. The first-order chi connectivity index (χ1) is 8.15. The Kier molecular flexibility index (Phi) is 5.55. The van der Waals surface area contributed by atoms with E-state index in [1.807, 2.05) is 25.1 Å². The summed E-state index contributed by atoms with van der Waals surface area (Å²) >= 11 is 6.04. The van der Waals surface area contributed by atoms with Gasteiger partial charge < -0.3 is 5.32 Å². The average molecular weight is 251 g/mol. The van der Waals surface area contributed by atoms with Crippen molar-refractivity contribution in [1.29, 1.82) is 0 Å². The monoisotopic (exact) mass is 250 g/mol. The molecule has 1 amide bonds. The first kappa shape index (κ1) is 13.6. The van der Waals surface area contributed by atoms with E-state index < -0.39 is 0 Å². The van der Waals surface area contributed by atoms with E-state index in [1.54, 1.807) is 6.07 Å². The van der Waals surface area contributed by atoms with Gasteiger partial charge in [-0.1, -0.05) is 35.7 Å². The molecular formula is C13H15ClN2O. The molecule has 0 aromatic heterocycles. The van der Waals surface area contributed by atoms with Gasteiger partial charge in [0.2, 0.25) is 5.91 Å². The fourth-order valence-electron chi connectivity index (χ4n) is 1.44. The summed E-state index contributed by atoms with van der Waals surface area (Å²) in [6.07, 6.45) is 5.07. The first-order valence-corrected chi connectivity index (χ1v) is 5.71. The molecule has 0 aliphatic rings. The van der Waals surface area contributed by atoms with Crippen molar-refractivity contribution in [3.63, 3.8) is 0 Å². The summed E-state index contributed by atoms with van der Waals surface area (Å²) < 4.78 is 0. The topological polar surface area (TPSA) is 41.1 Å². The van der Waals surface area contributed by atoms with E-state index in [2.05, 4.69) is 16.6 Å². The number of nitrogens with one attached hydrogen (secondary N) is 2. The van der Waals surface area contributed by atoms with Crippen LogP contribution in [0, 0.1) is 12.3 Å². The van der Waals surface area contributed by atoms with Crippen LogP contribution >= 0.6 is 11.6 Å². The molecule has 90 valence electrons. The second kappa shape index (κ2) is 6.95. The molecular weight excluding hydrogens is 236 g/mol. The van der Waals surface area contributed by atoms with Crippen LogP contribution in [-0.2, 0) is 4.79 Å². The molecule has 0 aliphatic carbocycles. The molecule has 0 bridgehead atoms. The molecule has 3 nitrogen and oxygen atoms in total. The van der Waals surface area contributed by atoms with Crippen molar-refractivity contribution < 1.29 is 4.79 Å². The quantitative estimate of drug-likeness (QED) is 0.617. The molecule has 0 saturated heterocycles. The number of carbonyl (C=O) groups is 1. The summed E-state index contributed by atoms with van der Waals surface area (Å²) in [5.74, 6) is 2.30. The van der Waals surface area contributed by atoms with Crippen molar-refractivity contribution in [2.45, 2.75) is 13.0 Å². The van der Waals surface area contributed by atoms with Crippen LogP contribution in [0.5, 0.6) is 0 Å². The standard InChI is InChI=1S/C13H15ClN2O/c1-3-8-15-9-13(17)16-10(2)11-6-4-5-7-12(11)14/h1,4-7,10,15H,8-9H2,2H3,(H,16,17)/t10-/m0/s1. The van der Waals surface area contributed by atoms with Crippen LogP contribution in [0.3, 0.4) is 0 Å². The zero-order valence-electron chi connectivity index (χ0n) is 9.66. The highest BCUT2D eigenvalue weighted by Gasteiger charge is 2.11. The van der Waals surface area contributed by atoms with Gasteiger partial charge in [-0.15, -0.1) is 6.42 Å². The van der Waals surface area contributed by atoms with Gasteiger partial charge >= 0.3 is 0 Å². The highest BCUT2D eigenvalue weighted by Crippen LogP contribution is 2.21. The Labute approximate surface area is 107 Å². The van der Waals surface area contributed by atoms with Crippen molar-refractivity contribution in [3.05, 3.63) is 34.9 Å². The van der Waals surface area contributed by atoms with Gasteiger partial charge in [-0.3, -0.25) is 10.1 Å². The third kappa shape index (κ3) is 4.48. The number of hydrogen-bond donors (Lipinski definition) is 2. The predicted molar refractivity (Wildman–Crippen MR) is 69.7 cm³/mol. The van der Waals surface area contributed by atoms with Gasteiger partial charge in [0.05, 0.1) is 19.1 Å². The molecule has 0 unspecified atom stereocenters. The molecule has 17 heavy (non-hydrogen) atoms. The third-order valence-corrected chi connectivity index (χ3v) is 2.61. The van der Waals surface area contributed by atoms with Crippen molar-refractivity contribution in [2.24, 2.45) is 0 Å². The van der Waals surface area contributed by atoms with E-state index in [4.69, 9.17) is 18.0 Å². The van der Waals surface area contributed by atoms with Crippen LogP contribution in [0.15, 0.2) is 24.3 Å². The fourth-order valence-corrected chi connectivity index (χ4v) is 1.74. The summed E-state index contributed by atoms with van der Waals surface area (Å²) in [5.41, 5.74) is 0.902. The lowest BCUT2D eigenvalue weighted by Gasteiger charge is -2.15. The largest absolute Gasteiger partial charge is 0.348 e. The molecule has 1 aromatic rings. The minimum atomic E-state index is -0.121. The van der Waals surface area contributed by atoms with E-state index in [9.17, 15) is 4.79 Å². The van der Waals surface area contributed by atoms with Crippen LogP contribution in [0.25, 0.3) is 0 Å². The maximum Gasteiger partial charge on any atom is 0.234 e. The third-order valence-electron chi connectivity index (χ3n) is 2.26. The predicted octanol–water partition coefficient (Wildman–Crippen LogP) is 1.74. The molecule has 0 radical (unpaired) electrons. The lowest BCUT2D eigenvalue weighted by molar-refractivity contribution is -0.120. The molecule has 0 aliphatic heterocycles. The van der Waals surface area contributed by atoms with Crippen LogP contribution in [0.1, 0.15) is 18.5 Å². The maximum absolute atomic E-state index is 11.5. The molecule has 1 rings (SSSR count). The number of halogens is 1. The minimum absolute atomic E-state index is 0.104. The average Bonchev–Trinajstić information content (AvgIpc) is 2.29. The Morgan fingerprint density at radius 2 is 2.24 bits per heavy atom. The van der Waals surface area contributed by atoms with Crippen molar-refractivity contribution in [1.82, 2.24) is 10.6 Å². The van der Waals surface area contributed by atoms with E-state index >= 15 is 0 Å². The van der Waals surface area contributed by atoms with Crippen LogP contribution < -0.4 is 10.6 Å². The molecule has 4 heteroatoms. The normalized spacial score (nSPS) is 11.6. The molecule has 1 atom stereocenters. The lowest BCUT2D eigenvalue weighted by Crippen LogP contribution is -2.35. The van der Waals surface area contributed by atoms with Crippen LogP contribution in [0.2, 0.25) is 5.02 Å². The Morgan fingerprint density at radius 1 is 1.53 bits per heavy atom. The van der Waals surface area contributed by atoms with Gasteiger partial charge in [-0.25, -0.2) is 0 Å². The lowest BCUT2D eigenvalue weighted by atomic mass is 10.1. The second-order valence-corrected chi connectivity index (χ2v) is 4.03. The van der Waals surface area contributed by atoms with Gasteiger partial charge in [-0.2, -0.15) is 0 Å². The summed E-state index contributed by atoms with van der Waals surface area (Å²) in [5, 5.41) is 6.32. The molecule has 0 saturated carbocycles. The van der Waals surface area contributed by atoms with Crippen molar-refractivity contribution >= 4 is 17.5 Å². The number of amides is 1. The Balaban J connectivity index is 2.50. The smallest absolute Gasteiger partial charge is 0.234 e. The van der Waals surface area contributed by atoms with Crippen molar-refractivity contribution in [2.75, 3.05) is 13.1 Å². The van der Waals surface area contributed by atoms with E-state index in [1.165, 1.54) is 0 Å². The van der Waals surface area contributed by atoms with Gasteiger partial charge in [0.1, 0.15) is 0 Å². The van der Waals surface area contributed by atoms with Gasteiger partial charge in [0.15, 0.2) is 0 Å². The zero-order valence-corrected chi connectivity index (χ0v) is 10.4. The van der Waals surface area contributed by atoms with E-state index in [0.29, 0.717) is 11.6 Å². The van der Waals surface area contributed by atoms with Crippen LogP contribution in [-0.4, -0.2) is 19.0 Å². The number of benzene rings is 1. The summed E-state index contributed by atoms with van der Waals surface area (Å²) in [6.45, 7) is 2.48. The van der Waals surface area contributed by atoms with Gasteiger partial charge in [0.25, 0.3) is 0 Å². The minimum Gasteiger partial charge on any atom is -0.348 e. The molecule has 0 fully saturated rings. The number of hydrogen-bond acceptors (Lipinski definition) is 2. The molecule has 0 heterocycles. The summed E-state index contributed by atoms with van der Waals surface area (Å²) in [6, 6.07) is 7.32. The van der Waals surface area contributed by atoms with Crippen LogP contribution in [0.4, 0.5) is 0 Å². The number of rotatable bonds is 5. The summed E-state index contributed by atoms with van der Waals surface area (Å²) in [7, 11) is 0. The highest BCUT2D eigenvalue weighted by atomic mass is 35.5. The van der Waals surface area contributed by atoms with Crippen molar-refractivity contribution in [3.8, 4) is 12.3 Å². The molecule has 1 aromatic carbocycles. The fraction of sp³-hybridized carbons (Fsp3) is 0.308. The molecule has 0 spiro atoms. The SMILES string of the molecule is C#CCNCC(=O)N[C@@H](C)c1ccccc1Cl. The number of terminal acetylenes is 1. The Morgan fingerprint density at radius 3 is 2.88 bits per heavy atom.